The monoisotopic (exact) mass is 259 g/mol. The third-order valence-electron chi connectivity index (χ3n) is 4.13. The quantitative estimate of drug-likeness (QED) is 0.919. The summed E-state index contributed by atoms with van der Waals surface area (Å²) in [6.45, 7) is 5.72. The summed E-state index contributed by atoms with van der Waals surface area (Å²) >= 11 is 0. The number of pyridine rings is 1. The molecule has 1 aliphatic rings. The zero-order valence-electron chi connectivity index (χ0n) is 11.4. The molecule has 4 heteroatoms. The maximum absolute atomic E-state index is 9.98. The molecule has 1 atom stereocenters. The Bertz CT molecular complexity index is 564. The van der Waals surface area contributed by atoms with Crippen LogP contribution in [0.2, 0.25) is 0 Å². The molecule has 1 saturated heterocycles. The summed E-state index contributed by atoms with van der Waals surface area (Å²) in [5.74, 6) is 1.92. The minimum Gasteiger partial charge on any atom is -0.494 e. The number of hydrogen-bond acceptors (Lipinski definition) is 3. The van der Waals surface area contributed by atoms with Gasteiger partial charge in [0.2, 0.25) is 0 Å². The van der Waals surface area contributed by atoms with E-state index in [1.54, 1.807) is 6.07 Å². The fourth-order valence-corrected chi connectivity index (χ4v) is 3.10. The van der Waals surface area contributed by atoms with E-state index < -0.39 is 0 Å². The molecule has 0 amide bonds. The number of aromatic nitrogens is 2. The molecular formula is C15H21N3O. The lowest BCUT2D eigenvalue weighted by atomic mass is 9.94. The Morgan fingerprint density at radius 1 is 1.42 bits per heavy atom. The number of nitrogens with zero attached hydrogens (tertiary/aromatic N) is 3. The highest BCUT2D eigenvalue weighted by Crippen LogP contribution is 2.23. The average molecular weight is 259 g/mol. The minimum atomic E-state index is 0.285. The van der Waals surface area contributed by atoms with E-state index in [0.29, 0.717) is 5.92 Å². The van der Waals surface area contributed by atoms with Crippen LogP contribution in [0.5, 0.6) is 5.88 Å². The maximum atomic E-state index is 9.98. The second-order valence-corrected chi connectivity index (χ2v) is 5.42. The Balaban J connectivity index is 1.81. The molecule has 3 rings (SSSR count). The number of likely N-dealkylation sites (tertiary alicyclic amines) is 1. The van der Waals surface area contributed by atoms with Gasteiger partial charge < -0.3 is 10.0 Å². The fraction of sp³-hybridized carbons (Fsp3) is 0.533. The summed E-state index contributed by atoms with van der Waals surface area (Å²) in [4.78, 5) is 6.99. The Morgan fingerprint density at radius 2 is 2.32 bits per heavy atom. The third-order valence-corrected chi connectivity index (χ3v) is 4.13. The lowest BCUT2D eigenvalue weighted by Crippen LogP contribution is -2.36. The van der Waals surface area contributed by atoms with Crippen molar-refractivity contribution in [2.75, 3.05) is 19.6 Å². The highest BCUT2D eigenvalue weighted by atomic mass is 16.3. The Morgan fingerprint density at radius 3 is 3.16 bits per heavy atom. The van der Waals surface area contributed by atoms with Crippen molar-refractivity contribution < 1.29 is 5.11 Å². The van der Waals surface area contributed by atoms with Gasteiger partial charge in [0.1, 0.15) is 5.82 Å². The van der Waals surface area contributed by atoms with Crippen molar-refractivity contribution in [1.29, 1.82) is 0 Å². The van der Waals surface area contributed by atoms with Gasteiger partial charge in [-0.25, -0.2) is 4.98 Å². The van der Waals surface area contributed by atoms with E-state index >= 15 is 0 Å². The predicted octanol–water partition coefficient (Wildman–Crippen LogP) is 2.31. The van der Waals surface area contributed by atoms with E-state index in [1.807, 2.05) is 22.7 Å². The molecule has 0 radical (unpaired) electrons. The number of rotatable bonds is 3. The first-order valence-corrected chi connectivity index (χ1v) is 7.14. The smallest absolute Gasteiger partial charge is 0.197 e. The summed E-state index contributed by atoms with van der Waals surface area (Å²) in [5, 5.41) is 9.98. The molecule has 1 fully saturated rings. The lowest BCUT2D eigenvalue weighted by Gasteiger charge is -2.31. The molecule has 19 heavy (non-hydrogen) atoms. The second-order valence-electron chi connectivity index (χ2n) is 5.42. The first-order valence-electron chi connectivity index (χ1n) is 7.14. The van der Waals surface area contributed by atoms with E-state index in [1.165, 1.54) is 19.4 Å². The van der Waals surface area contributed by atoms with Crippen molar-refractivity contribution in [2.45, 2.75) is 26.2 Å². The molecule has 4 nitrogen and oxygen atoms in total. The van der Waals surface area contributed by atoms with Crippen LogP contribution in [0.1, 0.15) is 25.6 Å². The van der Waals surface area contributed by atoms with Crippen LogP contribution in [0.3, 0.4) is 0 Å². The third kappa shape index (κ3) is 2.45. The molecule has 0 aromatic carbocycles. The van der Waals surface area contributed by atoms with Crippen LogP contribution in [-0.4, -0.2) is 39.0 Å². The molecule has 0 bridgehead atoms. The minimum absolute atomic E-state index is 0.285. The molecule has 0 saturated carbocycles. The SMILES string of the molecule is CCN1CCCC(Cc2ncc3cccc(O)n23)C1. The van der Waals surface area contributed by atoms with Gasteiger partial charge in [0.15, 0.2) is 5.88 Å². The molecule has 0 spiro atoms. The first kappa shape index (κ1) is 12.5. The topological polar surface area (TPSA) is 40.8 Å². The van der Waals surface area contributed by atoms with Gasteiger partial charge in [-0.1, -0.05) is 13.0 Å². The van der Waals surface area contributed by atoms with E-state index in [4.69, 9.17) is 0 Å². The van der Waals surface area contributed by atoms with Crippen molar-refractivity contribution in [1.82, 2.24) is 14.3 Å². The van der Waals surface area contributed by atoms with Crippen LogP contribution in [0.25, 0.3) is 5.52 Å². The van der Waals surface area contributed by atoms with Crippen molar-refractivity contribution in [3.63, 3.8) is 0 Å². The number of hydrogen-bond donors (Lipinski definition) is 1. The van der Waals surface area contributed by atoms with Gasteiger partial charge in [0.05, 0.1) is 11.7 Å². The van der Waals surface area contributed by atoms with Crippen LogP contribution in [-0.2, 0) is 6.42 Å². The fourth-order valence-electron chi connectivity index (χ4n) is 3.10. The largest absolute Gasteiger partial charge is 0.494 e. The zero-order chi connectivity index (χ0) is 13.2. The van der Waals surface area contributed by atoms with Gasteiger partial charge in [-0.3, -0.25) is 4.40 Å². The lowest BCUT2D eigenvalue weighted by molar-refractivity contribution is 0.180. The Kier molecular flexibility index (Phi) is 3.42. The van der Waals surface area contributed by atoms with Crippen LogP contribution >= 0.6 is 0 Å². The van der Waals surface area contributed by atoms with Gasteiger partial charge in [-0.15, -0.1) is 0 Å². The molecule has 3 heterocycles. The maximum Gasteiger partial charge on any atom is 0.197 e. The van der Waals surface area contributed by atoms with Gasteiger partial charge in [0.25, 0.3) is 0 Å². The van der Waals surface area contributed by atoms with Gasteiger partial charge in [-0.2, -0.15) is 0 Å². The number of fused-ring (bicyclic) bond motifs is 1. The highest BCUT2D eigenvalue weighted by molar-refractivity contribution is 5.48. The summed E-state index contributed by atoms with van der Waals surface area (Å²) in [6, 6.07) is 5.56. The van der Waals surface area contributed by atoms with Crippen LogP contribution in [0.15, 0.2) is 24.4 Å². The van der Waals surface area contributed by atoms with E-state index in [9.17, 15) is 5.11 Å². The predicted molar refractivity (Wildman–Crippen MR) is 75.4 cm³/mol. The summed E-state index contributed by atoms with van der Waals surface area (Å²) in [5.41, 5.74) is 0.971. The van der Waals surface area contributed by atoms with Gasteiger partial charge in [0, 0.05) is 13.0 Å². The number of piperidine rings is 1. The van der Waals surface area contributed by atoms with Crippen LogP contribution < -0.4 is 0 Å². The molecule has 1 aliphatic heterocycles. The Hall–Kier alpha value is -1.55. The van der Waals surface area contributed by atoms with E-state index in [0.717, 1.165) is 30.9 Å². The molecule has 0 aliphatic carbocycles. The van der Waals surface area contributed by atoms with Gasteiger partial charge >= 0.3 is 0 Å². The summed E-state index contributed by atoms with van der Waals surface area (Å²) in [6.07, 6.45) is 5.32. The standard InChI is InChI=1S/C15H21N3O/c1-2-17-8-4-5-12(11-17)9-14-16-10-13-6-3-7-15(19)18(13)14/h3,6-7,10,12,19H,2,4-5,8-9,11H2,1H3. The zero-order valence-corrected chi connectivity index (χ0v) is 11.4. The van der Waals surface area contributed by atoms with Crippen molar-refractivity contribution in [3.05, 3.63) is 30.2 Å². The Labute approximate surface area is 113 Å². The average Bonchev–Trinajstić information content (AvgIpc) is 2.84. The van der Waals surface area contributed by atoms with Crippen LogP contribution in [0.4, 0.5) is 0 Å². The molecule has 102 valence electrons. The molecule has 1 unspecified atom stereocenters. The van der Waals surface area contributed by atoms with Crippen molar-refractivity contribution in [2.24, 2.45) is 5.92 Å². The molecular weight excluding hydrogens is 238 g/mol. The summed E-state index contributed by atoms with van der Waals surface area (Å²) < 4.78 is 1.87. The van der Waals surface area contributed by atoms with E-state index in [-0.39, 0.29) is 5.88 Å². The molecule has 1 N–H and O–H groups in total. The number of aromatic hydroxyl groups is 1. The summed E-state index contributed by atoms with van der Waals surface area (Å²) in [7, 11) is 0. The van der Waals surface area contributed by atoms with Crippen molar-refractivity contribution >= 4 is 5.52 Å². The molecule has 2 aromatic heterocycles. The van der Waals surface area contributed by atoms with E-state index in [2.05, 4.69) is 16.8 Å². The van der Waals surface area contributed by atoms with Crippen LogP contribution in [0, 0.1) is 5.92 Å². The van der Waals surface area contributed by atoms with Crippen molar-refractivity contribution in [3.8, 4) is 5.88 Å². The second kappa shape index (κ2) is 5.21. The normalized spacial score (nSPS) is 21.0. The first-order chi connectivity index (χ1) is 9.28. The van der Waals surface area contributed by atoms with Gasteiger partial charge in [-0.05, 0) is 44.0 Å². The molecule has 2 aromatic rings. The number of imidazole rings is 1. The highest BCUT2D eigenvalue weighted by Gasteiger charge is 2.21.